The fourth-order valence-electron chi connectivity index (χ4n) is 2.11. The maximum absolute atomic E-state index is 5.91. The molecule has 1 aromatic rings. The fourth-order valence-corrected chi connectivity index (χ4v) is 2.30. The lowest BCUT2D eigenvalue weighted by molar-refractivity contribution is 0.574. The maximum atomic E-state index is 5.91. The quantitative estimate of drug-likeness (QED) is 0.645. The Morgan fingerprint density at radius 2 is 2.17 bits per heavy atom. The minimum absolute atomic E-state index is 0.361. The molecule has 62 valence electrons. The predicted octanol–water partition coefficient (Wildman–Crippen LogP) is 2.43. The number of rotatable bonds is 0. The second-order valence-electron chi connectivity index (χ2n) is 3.74. The number of hydrogen-bond acceptors (Lipinski definition) is 1. The molecule has 1 aliphatic heterocycles. The van der Waals surface area contributed by atoms with Crippen molar-refractivity contribution in [3.63, 3.8) is 0 Å². The molecule has 0 saturated heterocycles. The van der Waals surface area contributed by atoms with Crippen molar-refractivity contribution < 1.29 is 0 Å². The van der Waals surface area contributed by atoms with Crippen LogP contribution in [-0.4, -0.2) is 0 Å². The summed E-state index contributed by atoms with van der Waals surface area (Å²) in [6.45, 7) is 0.996. The lowest BCUT2D eigenvalue weighted by atomic mass is 10.0. The fraction of sp³-hybridized carbons (Fsp3) is 0.400. The standard InChI is InChI=1S/C10H10ClN/c11-8-1-2-9-7(5-8)6-12-10(9)3-4-10/h1-2,5,12H,3-4,6H2. The van der Waals surface area contributed by atoms with E-state index < -0.39 is 0 Å². The van der Waals surface area contributed by atoms with E-state index in [0.29, 0.717) is 5.54 Å². The van der Waals surface area contributed by atoms with Crippen molar-refractivity contribution in [1.29, 1.82) is 0 Å². The number of nitrogens with one attached hydrogen (secondary N) is 1. The SMILES string of the molecule is Clc1ccc2c(c1)CNC21CC1. The van der Waals surface area contributed by atoms with Crippen LogP contribution < -0.4 is 5.32 Å². The van der Waals surface area contributed by atoms with Crippen LogP contribution in [0.1, 0.15) is 24.0 Å². The zero-order chi connectivity index (χ0) is 8.18. The van der Waals surface area contributed by atoms with Gasteiger partial charge in [0.15, 0.2) is 0 Å². The maximum Gasteiger partial charge on any atom is 0.0442 e. The molecule has 1 saturated carbocycles. The van der Waals surface area contributed by atoms with Gasteiger partial charge in [0.05, 0.1) is 0 Å². The molecule has 1 spiro atoms. The minimum atomic E-state index is 0.361. The van der Waals surface area contributed by atoms with Crippen molar-refractivity contribution in [3.05, 3.63) is 34.3 Å². The van der Waals surface area contributed by atoms with E-state index in [1.54, 1.807) is 0 Å². The van der Waals surface area contributed by atoms with Gasteiger partial charge < -0.3 is 5.32 Å². The Morgan fingerprint density at radius 3 is 2.92 bits per heavy atom. The van der Waals surface area contributed by atoms with Crippen molar-refractivity contribution >= 4 is 11.6 Å². The summed E-state index contributed by atoms with van der Waals surface area (Å²) < 4.78 is 0. The molecule has 2 aliphatic rings. The predicted molar refractivity (Wildman–Crippen MR) is 49.2 cm³/mol. The average Bonchev–Trinajstić information content (AvgIpc) is 2.73. The van der Waals surface area contributed by atoms with Crippen LogP contribution >= 0.6 is 11.6 Å². The van der Waals surface area contributed by atoms with Gasteiger partial charge in [-0.2, -0.15) is 0 Å². The van der Waals surface area contributed by atoms with Gasteiger partial charge in [-0.05, 0) is 36.1 Å². The van der Waals surface area contributed by atoms with Gasteiger partial charge in [-0.25, -0.2) is 0 Å². The molecule has 0 unspecified atom stereocenters. The Kier molecular flexibility index (Phi) is 1.18. The summed E-state index contributed by atoms with van der Waals surface area (Å²) in [4.78, 5) is 0. The zero-order valence-corrected chi connectivity index (χ0v) is 7.49. The van der Waals surface area contributed by atoms with Crippen molar-refractivity contribution in [2.45, 2.75) is 24.9 Å². The molecule has 3 rings (SSSR count). The Balaban J connectivity index is 2.18. The topological polar surface area (TPSA) is 12.0 Å². The summed E-state index contributed by atoms with van der Waals surface area (Å²) in [6, 6.07) is 6.25. The summed E-state index contributed by atoms with van der Waals surface area (Å²) in [6.07, 6.45) is 2.59. The summed E-state index contributed by atoms with van der Waals surface area (Å²) in [5, 5.41) is 4.40. The molecule has 0 amide bonds. The molecule has 1 fully saturated rings. The lowest BCUT2D eigenvalue weighted by Gasteiger charge is -2.07. The summed E-state index contributed by atoms with van der Waals surface area (Å²) >= 11 is 5.91. The molecule has 0 radical (unpaired) electrons. The van der Waals surface area contributed by atoms with E-state index in [1.165, 1.54) is 24.0 Å². The molecule has 0 aromatic heterocycles. The number of benzene rings is 1. The first-order chi connectivity index (χ1) is 5.80. The normalized spacial score (nSPS) is 22.8. The molecule has 0 atom stereocenters. The van der Waals surface area contributed by atoms with Crippen molar-refractivity contribution in [2.24, 2.45) is 0 Å². The smallest absolute Gasteiger partial charge is 0.0442 e. The van der Waals surface area contributed by atoms with Crippen LogP contribution in [0.25, 0.3) is 0 Å². The molecular weight excluding hydrogens is 170 g/mol. The highest BCUT2D eigenvalue weighted by Gasteiger charge is 2.48. The second-order valence-corrected chi connectivity index (χ2v) is 4.17. The van der Waals surface area contributed by atoms with Gasteiger partial charge in [-0.15, -0.1) is 0 Å². The lowest BCUT2D eigenvalue weighted by Crippen LogP contribution is -2.19. The highest BCUT2D eigenvalue weighted by atomic mass is 35.5. The van der Waals surface area contributed by atoms with Gasteiger partial charge in [0.2, 0.25) is 0 Å². The van der Waals surface area contributed by atoms with Gasteiger partial charge in [-0.3, -0.25) is 0 Å². The van der Waals surface area contributed by atoms with Crippen LogP contribution in [0.5, 0.6) is 0 Å². The molecule has 12 heavy (non-hydrogen) atoms. The van der Waals surface area contributed by atoms with E-state index in [-0.39, 0.29) is 0 Å². The molecule has 0 bridgehead atoms. The Morgan fingerprint density at radius 1 is 1.33 bits per heavy atom. The third-order valence-electron chi connectivity index (χ3n) is 2.95. The summed E-state index contributed by atoms with van der Waals surface area (Å²) in [5.41, 5.74) is 3.23. The van der Waals surface area contributed by atoms with E-state index in [1.807, 2.05) is 6.07 Å². The largest absolute Gasteiger partial charge is 0.303 e. The highest BCUT2D eigenvalue weighted by Crippen LogP contribution is 2.50. The molecular formula is C10H10ClN. The number of halogens is 1. The number of fused-ring (bicyclic) bond motifs is 2. The molecule has 1 aliphatic carbocycles. The van der Waals surface area contributed by atoms with Crippen LogP contribution in [0, 0.1) is 0 Å². The van der Waals surface area contributed by atoms with E-state index in [9.17, 15) is 0 Å². The Hall–Kier alpha value is -0.530. The van der Waals surface area contributed by atoms with Gasteiger partial charge in [-0.1, -0.05) is 17.7 Å². The van der Waals surface area contributed by atoms with Crippen molar-refractivity contribution in [2.75, 3.05) is 0 Å². The van der Waals surface area contributed by atoms with Crippen LogP contribution in [0.2, 0.25) is 5.02 Å². The second kappa shape index (κ2) is 2.04. The molecule has 1 heterocycles. The minimum Gasteiger partial charge on any atom is -0.303 e. The average molecular weight is 180 g/mol. The Labute approximate surface area is 76.7 Å². The first kappa shape index (κ1) is 6.93. The van der Waals surface area contributed by atoms with Crippen LogP contribution in [-0.2, 0) is 12.1 Å². The monoisotopic (exact) mass is 179 g/mol. The van der Waals surface area contributed by atoms with Crippen molar-refractivity contribution in [1.82, 2.24) is 5.32 Å². The van der Waals surface area contributed by atoms with Crippen molar-refractivity contribution in [3.8, 4) is 0 Å². The Bertz CT molecular complexity index is 342. The van der Waals surface area contributed by atoms with Gasteiger partial charge in [0.1, 0.15) is 0 Å². The molecule has 2 heteroatoms. The van der Waals surface area contributed by atoms with Crippen LogP contribution in [0.3, 0.4) is 0 Å². The van der Waals surface area contributed by atoms with Gasteiger partial charge >= 0.3 is 0 Å². The third kappa shape index (κ3) is 0.782. The van der Waals surface area contributed by atoms with E-state index in [2.05, 4.69) is 17.4 Å². The van der Waals surface area contributed by atoms with Gasteiger partial charge in [0, 0.05) is 17.1 Å². The summed E-state index contributed by atoms with van der Waals surface area (Å²) in [7, 11) is 0. The molecule has 1 aromatic carbocycles. The van der Waals surface area contributed by atoms with E-state index in [0.717, 1.165) is 11.6 Å². The summed E-state index contributed by atoms with van der Waals surface area (Å²) in [5.74, 6) is 0. The van der Waals surface area contributed by atoms with E-state index >= 15 is 0 Å². The van der Waals surface area contributed by atoms with Gasteiger partial charge in [0.25, 0.3) is 0 Å². The zero-order valence-electron chi connectivity index (χ0n) is 6.73. The van der Waals surface area contributed by atoms with Crippen LogP contribution in [0.4, 0.5) is 0 Å². The van der Waals surface area contributed by atoms with Crippen LogP contribution in [0.15, 0.2) is 18.2 Å². The highest BCUT2D eigenvalue weighted by molar-refractivity contribution is 6.30. The first-order valence-electron chi connectivity index (χ1n) is 4.34. The molecule has 1 N–H and O–H groups in total. The number of hydrogen-bond donors (Lipinski definition) is 1. The third-order valence-corrected chi connectivity index (χ3v) is 3.19. The molecule has 1 nitrogen and oxygen atoms in total. The first-order valence-corrected chi connectivity index (χ1v) is 4.72. The van der Waals surface area contributed by atoms with E-state index in [4.69, 9.17) is 11.6 Å².